The van der Waals surface area contributed by atoms with E-state index in [0.29, 0.717) is 23.7 Å². The molecule has 3 N–H and O–H groups in total. The minimum Gasteiger partial charge on any atom is -0.381 e. The number of amides is 1. The molecular weight excluding hydrogens is 470 g/mol. The van der Waals surface area contributed by atoms with Crippen molar-refractivity contribution >= 4 is 61.2 Å². The monoisotopic (exact) mass is 499 g/mol. The molecular formula is C28H29N5O2S. The molecule has 3 heterocycles. The fourth-order valence-corrected chi connectivity index (χ4v) is 5.47. The number of anilines is 3. The third-order valence-corrected chi connectivity index (χ3v) is 7.26. The van der Waals surface area contributed by atoms with E-state index in [9.17, 15) is 9.59 Å². The number of nitrogens with zero attached hydrogens (tertiary/aromatic N) is 2. The highest BCUT2D eigenvalue weighted by Crippen LogP contribution is 2.41. The maximum absolute atomic E-state index is 12.7. The number of ketones is 1. The lowest BCUT2D eigenvalue weighted by Gasteiger charge is -2.12. The molecule has 0 fully saturated rings. The Morgan fingerprint density at radius 3 is 2.86 bits per heavy atom. The van der Waals surface area contributed by atoms with Gasteiger partial charge in [-0.3, -0.25) is 9.59 Å². The molecule has 184 valence electrons. The fraction of sp³-hybridized carbons (Fsp3) is 0.250. The number of carbonyl (C=O) groups excluding carboxylic acids is 2. The van der Waals surface area contributed by atoms with Crippen LogP contribution in [0.1, 0.15) is 22.2 Å². The van der Waals surface area contributed by atoms with E-state index in [0.717, 1.165) is 44.5 Å². The van der Waals surface area contributed by atoms with Crippen LogP contribution in [0.3, 0.4) is 0 Å². The van der Waals surface area contributed by atoms with Crippen LogP contribution in [0.5, 0.6) is 0 Å². The van der Waals surface area contributed by atoms with Crippen LogP contribution in [-0.2, 0) is 11.2 Å². The zero-order chi connectivity index (χ0) is 25.2. The molecule has 2 aromatic heterocycles. The second-order valence-electron chi connectivity index (χ2n) is 9.35. The minimum absolute atomic E-state index is 0.0363. The van der Waals surface area contributed by atoms with Crippen LogP contribution < -0.4 is 16.0 Å². The van der Waals surface area contributed by atoms with Gasteiger partial charge >= 0.3 is 0 Å². The van der Waals surface area contributed by atoms with Crippen molar-refractivity contribution in [3.05, 3.63) is 71.1 Å². The second-order valence-corrected chi connectivity index (χ2v) is 10.4. The molecule has 0 aliphatic carbocycles. The number of hydrogen-bond donors (Lipinski definition) is 3. The van der Waals surface area contributed by atoms with Crippen molar-refractivity contribution in [2.75, 3.05) is 37.8 Å². The molecule has 2 aromatic carbocycles. The Hall–Kier alpha value is -3.75. The summed E-state index contributed by atoms with van der Waals surface area (Å²) in [6.07, 6.45) is 3.85. The number of pyridine rings is 1. The Kier molecular flexibility index (Phi) is 6.71. The first-order valence-electron chi connectivity index (χ1n) is 12.0. The highest BCUT2D eigenvalue weighted by Gasteiger charge is 2.24. The third kappa shape index (κ3) is 4.96. The lowest BCUT2D eigenvalue weighted by Crippen LogP contribution is -2.34. The highest BCUT2D eigenvalue weighted by molar-refractivity contribution is 7.21. The fourth-order valence-electron chi connectivity index (χ4n) is 4.37. The maximum atomic E-state index is 12.7. The Morgan fingerprint density at radius 1 is 1.19 bits per heavy atom. The lowest BCUT2D eigenvalue weighted by atomic mass is 10.1. The zero-order valence-corrected chi connectivity index (χ0v) is 21.4. The predicted octanol–water partition coefficient (Wildman–Crippen LogP) is 4.97. The quantitative estimate of drug-likeness (QED) is 0.312. The number of para-hydroxylation sites is 1. The molecule has 1 amide bonds. The van der Waals surface area contributed by atoms with Gasteiger partial charge in [-0.2, -0.15) is 0 Å². The summed E-state index contributed by atoms with van der Waals surface area (Å²) in [5, 5.41) is 11.9. The van der Waals surface area contributed by atoms with Crippen LogP contribution in [0.2, 0.25) is 0 Å². The molecule has 0 saturated carbocycles. The van der Waals surface area contributed by atoms with Gasteiger partial charge in [-0.25, -0.2) is 4.98 Å². The molecule has 1 aliphatic rings. The van der Waals surface area contributed by atoms with Crippen LogP contribution >= 0.6 is 11.3 Å². The number of allylic oxidation sites excluding steroid dienone is 1. The molecule has 0 saturated heterocycles. The van der Waals surface area contributed by atoms with Crippen molar-refractivity contribution in [2.45, 2.75) is 19.4 Å². The number of fused-ring (bicyclic) bond motifs is 5. The molecule has 0 radical (unpaired) electrons. The van der Waals surface area contributed by atoms with Crippen molar-refractivity contribution in [1.29, 1.82) is 0 Å². The van der Waals surface area contributed by atoms with Crippen molar-refractivity contribution in [3.63, 3.8) is 0 Å². The summed E-state index contributed by atoms with van der Waals surface area (Å²) in [6, 6.07) is 15.9. The number of rotatable bonds is 7. The number of hydrogen-bond acceptors (Lipinski definition) is 7. The van der Waals surface area contributed by atoms with Crippen LogP contribution in [0, 0.1) is 0 Å². The Bertz CT molecular complexity index is 1490. The van der Waals surface area contributed by atoms with Crippen molar-refractivity contribution in [1.82, 2.24) is 15.2 Å². The number of benzene rings is 2. The molecule has 5 rings (SSSR count). The van der Waals surface area contributed by atoms with Gasteiger partial charge in [0.25, 0.3) is 5.91 Å². The van der Waals surface area contributed by atoms with E-state index >= 15 is 0 Å². The molecule has 0 spiro atoms. The number of aromatic nitrogens is 1. The van der Waals surface area contributed by atoms with Gasteiger partial charge < -0.3 is 20.9 Å². The van der Waals surface area contributed by atoms with E-state index < -0.39 is 0 Å². The number of thiophene rings is 1. The van der Waals surface area contributed by atoms with E-state index in [-0.39, 0.29) is 17.7 Å². The summed E-state index contributed by atoms with van der Waals surface area (Å²) in [7, 11) is 3.94. The molecule has 0 bridgehead atoms. The molecule has 0 unspecified atom stereocenters. The van der Waals surface area contributed by atoms with Crippen LogP contribution in [-0.4, -0.2) is 54.8 Å². The van der Waals surface area contributed by atoms with Crippen LogP contribution in [0.15, 0.2) is 60.7 Å². The SMILES string of the molecule is C[C@@H]1CNc2c(sc3ccc4nc(Nc5ccccc5CC(=O)/C=C/CN(C)C)ccc4c23)C(=O)N1. The number of carbonyl (C=O) groups is 2. The first-order valence-corrected chi connectivity index (χ1v) is 12.8. The molecule has 8 heteroatoms. The molecule has 4 aromatic rings. The van der Waals surface area contributed by atoms with Gasteiger partial charge in [-0.1, -0.05) is 24.3 Å². The normalized spacial score (nSPS) is 15.7. The molecule has 1 atom stereocenters. The van der Waals surface area contributed by atoms with Gasteiger partial charge in [-0.05, 0) is 63.0 Å². The standard InChI is InChI=1S/C28H29N5O2S/c1-17-16-29-26-25-20-10-13-24(32-22(20)11-12-23(25)36-27(26)28(35)30-17)31-21-9-5-4-7-18(21)15-19(34)8-6-14-33(2)3/h4-13,17,29H,14-16H2,1-3H3,(H,30,35)(H,31,32)/b8-6+/t17-/m1/s1. The highest BCUT2D eigenvalue weighted by atomic mass is 32.1. The Balaban J connectivity index is 1.44. The smallest absolute Gasteiger partial charge is 0.263 e. The van der Waals surface area contributed by atoms with E-state index in [1.165, 1.54) is 11.3 Å². The van der Waals surface area contributed by atoms with E-state index in [1.807, 2.05) is 80.5 Å². The zero-order valence-electron chi connectivity index (χ0n) is 20.6. The number of likely N-dealkylation sites (N-methyl/N-ethyl adjacent to an activating group) is 1. The van der Waals surface area contributed by atoms with Crippen LogP contribution in [0.4, 0.5) is 17.2 Å². The summed E-state index contributed by atoms with van der Waals surface area (Å²) in [6.45, 7) is 3.40. The van der Waals surface area contributed by atoms with Gasteiger partial charge in [-0.15, -0.1) is 11.3 Å². The molecule has 7 nitrogen and oxygen atoms in total. The minimum atomic E-state index is -0.0363. The van der Waals surface area contributed by atoms with Crippen molar-refractivity contribution in [2.24, 2.45) is 0 Å². The summed E-state index contributed by atoms with van der Waals surface area (Å²) >= 11 is 1.50. The van der Waals surface area contributed by atoms with Crippen molar-refractivity contribution < 1.29 is 9.59 Å². The third-order valence-electron chi connectivity index (χ3n) is 6.11. The predicted molar refractivity (Wildman–Crippen MR) is 149 cm³/mol. The topological polar surface area (TPSA) is 86.4 Å². The van der Waals surface area contributed by atoms with Gasteiger partial charge in [0.15, 0.2) is 5.78 Å². The summed E-state index contributed by atoms with van der Waals surface area (Å²) < 4.78 is 1.05. The van der Waals surface area contributed by atoms with E-state index in [4.69, 9.17) is 4.98 Å². The summed E-state index contributed by atoms with van der Waals surface area (Å²) in [5.74, 6) is 0.723. The summed E-state index contributed by atoms with van der Waals surface area (Å²) in [5.41, 5.74) is 3.50. The average Bonchev–Trinajstić information content (AvgIpc) is 3.16. The van der Waals surface area contributed by atoms with Gasteiger partial charge in [0.2, 0.25) is 0 Å². The van der Waals surface area contributed by atoms with Gasteiger partial charge in [0.1, 0.15) is 10.7 Å². The lowest BCUT2D eigenvalue weighted by molar-refractivity contribution is -0.114. The van der Waals surface area contributed by atoms with Gasteiger partial charge in [0, 0.05) is 46.7 Å². The average molecular weight is 500 g/mol. The summed E-state index contributed by atoms with van der Waals surface area (Å²) in [4.78, 5) is 32.7. The molecule has 36 heavy (non-hydrogen) atoms. The first kappa shape index (κ1) is 24.0. The van der Waals surface area contributed by atoms with Crippen molar-refractivity contribution in [3.8, 4) is 0 Å². The second kappa shape index (κ2) is 10.1. The van der Waals surface area contributed by atoms with E-state index in [2.05, 4.69) is 16.0 Å². The Labute approximate surface area is 214 Å². The molecule has 1 aliphatic heterocycles. The number of nitrogens with one attached hydrogen (secondary N) is 3. The van der Waals surface area contributed by atoms with Crippen LogP contribution in [0.25, 0.3) is 21.0 Å². The largest absolute Gasteiger partial charge is 0.381 e. The maximum Gasteiger partial charge on any atom is 0.263 e. The van der Waals surface area contributed by atoms with E-state index in [1.54, 1.807) is 6.08 Å². The first-order chi connectivity index (χ1) is 17.4. The Morgan fingerprint density at radius 2 is 2.03 bits per heavy atom. The van der Waals surface area contributed by atoms with Gasteiger partial charge in [0.05, 0.1) is 11.2 Å².